The van der Waals surface area contributed by atoms with Crippen LogP contribution in [0.25, 0.3) is 0 Å². The molecule has 1 saturated heterocycles. The van der Waals surface area contributed by atoms with Gasteiger partial charge in [-0.05, 0) is 25.3 Å². The van der Waals surface area contributed by atoms with Crippen LogP contribution in [0.3, 0.4) is 0 Å². The second-order valence-electron chi connectivity index (χ2n) is 3.92. The van der Waals surface area contributed by atoms with Crippen molar-refractivity contribution in [2.75, 3.05) is 19.7 Å². The molecule has 1 aliphatic heterocycles. The summed E-state index contributed by atoms with van der Waals surface area (Å²) in [5.41, 5.74) is 0. The van der Waals surface area contributed by atoms with Gasteiger partial charge in [0.25, 0.3) is 0 Å². The van der Waals surface area contributed by atoms with Gasteiger partial charge in [0.05, 0.1) is 6.10 Å². The summed E-state index contributed by atoms with van der Waals surface area (Å²) in [4.78, 5) is 0. The predicted molar refractivity (Wildman–Crippen MR) is 55.9 cm³/mol. The van der Waals surface area contributed by atoms with E-state index in [1.54, 1.807) is 0 Å². The quantitative estimate of drug-likeness (QED) is 0.725. The van der Waals surface area contributed by atoms with Crippen molar-refractivity contribution >= 4 is 0 Å². The minimum absolute atomic E-state index is 0.465. The first-order valence-electron chi connectivity index (χ1n) is 5.70. The average molecular weight is 185 g/mol. The van der Waals surface area contributed by atoms with Crippen molar-refractivity contribution in [3.63, 3.8) is 0 Å². The van der Waals surface area contributed by atoms with E-state index < -0.39 is 0 Å². The Hall–Kier alpha value is -0.0800. The van der Waals surface area contributed by atoms with Crippen molar-refractivity contribution in [2.45, 2.75) is 45.6 Å². The fraction of sp³-hybridized carbons (Fsp3) is 1.00. The molecule has 2 nitrogen and oxygen atoms in total. The van der Waals surface area contributed by atoms with Crippen LogP contribution in [0.2, 0.25) is 0 Å². The standard InChI is InChI=1S/C11H23NO/c1-3-6-10(4-2)11-9-12-7-5-8-13-11/h10-12H,3-9H2,1-2H3. The van der Waals surface area contributed by atoms with Gasteiger partial charge in [-0.25, -0.2) is 0 Å². The molecule has 0 aliphatic carbocycles. The number of nitrogens with one attached hydrogen (secondary N) is 1. The van der Waals surface area contributed by atoms with Gasteiger partial charge < -0.3 is 10.1 Å². The van der Waals surface area contributed by atoms with E-state index in [0.29, 0.717) is 6.10 Å². The van der Waals surface area contributed by atoms with Crippen LogP contribution in [0.1, 0.15) is 39.5 Å². The lowest BCUT2D eigenvalue weighted by molar-refractivity contribution is 0.0203. The van der Waals surface area contributed by atoms with Gasteiger partial charge in [-0.1, -0.05) is 26.7 Å². The van der Waals surface area contributed by atoms with Gasteiger partial charge in [-0.2, -0.15) is 0 Å². The van der Waals surface area contributed by atoms with E-state index in [1.165, 1.54) is 25.7 Å². The molecule has 1 fully saturated rings. The minimum Gasteiger partial charge on any atom is -0.377 e. The SMILES string of the molecule is CCCC(CC)C1CNCCCO1. The van der Waals surface area contributed by atoms with Crippen LogP contribution in [0.15, 0.2) is 0 Å². The average Bonchev–Trinajstić information content (AvgIpc) is 2.42. The second-order valence-corrected chi connectivity index (χ2v) is 3.92. The number of rotatable bonds is 4. The Morgan fingerprint density at radius 3 is 3.00 bits per heavy atom. The molecule has 0 radical (unpaired) electrons. The third kappa shape index (κ3) is 3.65. The molecule has 13 heavy (non-hydrogen) atoms. The van der Waals surface area contributed by atoms with Gasteiger partial charge in [0, 0.05) is 13.2 Å². The lowest BCUT2D eigenvalue weighted by Crippen LogP contribution is -2.32. The Morgan fingerprint density at radius 2 is 2.31 bits per heavy atom. The molecule has 1 aliphatic rings. The van der Waals surface area contributed by atoms with E-state index in [1.807, 2.05) is 0 Å². The zero-order valence-electron chi connectivity index (χ0n) is 9.01. The van der Waals surface area contributed by atoms with Crippen LogP contribution < -0.4 is 5.32 Å². The molecular formula is C11H23NO. The Morgan fingerprint density at radius 1 is 1.46 bits per heavy atom. The van der Waals surface area contributed by atoms with Gasteiger partial charge in [0.2, 0.25) is 0 Å². The highest BCUT2D eigenvalue weighted by Gasteiger charge is 2.20. The van der Waals surface area contributed by atoms with Gasteiger partial charge in [0.15, 0.2) is 0 Å². The number of hydrogen-bond donors (Lipinski definition) is 1. The van der Waals surface area contributed by atoms with E-state index in [0.717, 1.165) is 25.6 Å². The summed E-state index contributed by atoms with van der Waals surface area (Å²) in [6, 6.07) is 0. The van der Waals surface area contributed by atoms with Crippen molar-refractivity contribution in [2.24, 2.45) is 5.92 Å². The smallest absolute Gasteiger partial charge is 0.0727 e. The van der Waals surface area contributed by atoms with E-state index in [-0.39, 0.29) is 0 Å². The summed E-state index contributed by atoms with van der Waals surface area (Å²) in [7, 11) is 0. The molecule has 0 aromatic rings. The summed E-state index contributed by atoms with van der Waals surface area (Å²) in [6.07, 6.45) is 5.47. The Kier molecular flexibility index (Phi) is 5.40. The minimum atomic E-state index is 0.465. The first-order chi connectivity index (χ1) is 6.38. The van der Waals surface area contributed by atoms with Crippen LogP contribution in [-0.4, -0.2) is 25.8 Å². The van der Waals surface area contributed by atoms with Crippen molar-refractivity contribution in [3.05, 3.63) is 0 Å². The highest BCUT2D eigenvalue weighted by Crippen LogP contribution is 2.19. The molecule has 0 aromatic carbocycles. The zero-order valence-corrected chi connectivity index (χ0v) is 9.01. The summed E-state index contributed by atoms with van der Waals surface area (Å²) in [6.45, 7) is 7.65. The van der Waals surface area contributed by atoms with Crippen molar-refractivity contribution < 1.29 is 4.74 Å². The second kappa shape index (κ2) is 6.39. The van der Waals surface area contributed by atoms with Gasteiger partial charge in [0.1, 0.15) is 0 Å². The maximum Gasteiger partial charge on any atom is 0.0727 e. The molecule has 0 spiro atoms. The van der Waals surface area contributed by atoms with Crippen molar-refractivity contribution in [3.8, 4) is 0 Å². The van der Waals surface area contributed by atoms with Crippen molar-refractivity contribution in [1.29, 1.82) is 0 Å². The maximum atomic E-state index is 5.85. The normalized spacial score (nSPS) is 26.8. The fourth-order valence-corrected chi connectivity index (χ4v) is 2.06. The third-order valence-corrected chi connectivity index (χ3v) is 2.88. The molecule has 2 unspecified atom stereocenters. The molecule has 0 amide bonds. The fourth-order valence-electron chi connectivity index (χ4n) is 2.06. The summed E-state index contributed by atoms with van der Waals surface area (Å²) >= 11 is 0. The Balaban J connectivity index is 2.35. The molecule has 1 heterocycles. The Labute approximate surface area is 82.0 Å². The first kappa shape index (κ1) is 11.0. The first-order valence-corrected chi connectivity index (χ1v) is 5.70. The van der Waals surface area contributed by atoms with E-state index >= 15 is 0 Å². The molecule has 2 atom stereocenters. The molecule has 0 bridgehead atoms. The molecule has 0 aromatic heterocycles. The molecule has 0 saturated carbocycles. The zero-order chi connectivity index (χ0) is 9.52. The van der Waals surface area contributed by atoms with Gasteiger partial charge in [-0.15, -0.1) is 0 Å². The van der Waals surface area contributed by atoms with Crippen LogP contribution in [-0.2, 0) is 4.74 Å². The largest absolute Gasteiger partial charge is 0.377 e. The lowest BCUT2D eigenvalue weighted by Gasteiger charge is -2.24. The van der Waals surface area contributed by atoms with Crippen LogP contribution >= 0.6 is 0 Å². The monoisotopic (exact) mass is 185 g/mol. The van der Waals surface area contributed by atoms with Crippen LogP contribution in [0, 0.1) is 5.92 Å². The maximum absolute atomic E-state index is 5.85. The van der Waals surface area contributed by atoms with Gasteiger partial charge in [-0.3, -0.25) is 0 Å². The van der Waals surface area contributed by atoms with E-state index in [9.17, 15) is 0 Å². The molecule has 78 valence electrons. The highest BCUT2D eigenvalue weighted by atomic mass is 16.5. The lowest BCUT2D eigenvalue weighted by atomic mass is 9.94. The van der Waals surface area contributed by atoms with Crippen molar-refractivity contribution in [1.82, 2.24) is 5.32 Å². The summed E-state index contributed by atoms with van der Waals surface area (Å²) in [5.74, 6) is 0.760. The highest BCUT2D eigenvalue weighted by molar-refractivity contribution is 4.73. The number of ether oxygens (including phenoxy) is 1. The van der Waals surface area contributed by atoms with Gasteiger partial charge >= 0.3 is 0 Å². The number of hydrogen-bond acceptors (Lipinski definition) is 2. The van der Waals surface area contributed by atoms with Crippen LogP contribution in [0.4, 0.5) is 0 Å². The molecule has 1 rings (SSSR count). The van der Waals surface area contributed by atoms with E-state index in [2.05, 4.69) is 19.2 Å². The molecule has 1 N–H and O–H groups in total. The Bertz CT molecular complexity index is 119. The summed E-state index contributed by atoms with van der Waals surface area (Å²) in [5, 5.41) is 3.45. The molecular weight excluding hydrogens is 162 g/mol. The topological polar surface area (TPSA) is 21.3 Å². The third-order valence-electron chi connectivity index (χ3n) is 2.88. The molecule has 2 heteroatoms. The predicted octanol–water partition coefficient (Wildman–Crippen LogP) is 2.19. The van der Waals surface area contributed by atoms with E-state index in [4.69, 9.17) is 4.74 Å². The van der Waals surface area contributed by atoms with Crippen LogP contribution in [0.5, 0.6) is 0 Å². The summed E-state index contributed by atoms with van der Waals surface area (Å²) < 4.78 is 5.85.